The highest BCUT2D eigenvalue weighted by atomic mass is 32.2. The van der Waals surface area contributed by atoms with E-state index in [9.17, 15) is 0 Å². The second-order valence-corrected chi connectivity index (χ2v) is 6.07. The third-order valence-electron chi connectivity index (χ3n) is 3.42. The van der Waals surface area contributed by atoms with Crippen LogP contribution in [0.3, 0.4) is 0 Å². The van der Waals surface area contributed by atoms with Crippen LogP contribution in [-0.4, -0.2) is 30.2 Å². The van der Waals surface area contributed by atoms with Gasteiger partial charge in [0, 0.05) is 17.4 Å². The Morgan fingerprint density at radius 1 is 1.00 bits per heavy atom. The molecule has 1 heterocycles. The summed E-state index contributed by atoms with van der Waals surface area (Å²) in [5.74, 6) is 2.53. The first-order valence-corrected chi connectivity index (χ1v) is 8.68. The molecule has 0 atom stereocenters. The van der Waals surface area contributed by atoms with Gasteiger partial charge in [0.15, 0.2) is 0 Å². The van der Waals surface area contributed by atoms with E-state index < -0.39 is 0 Å². The topological polar surface area (TPSA) is 57.4 Å². The van der Waals surface area contributed by atoms with Gasteiger partial charge in [-0.25, -0.2) is 0 Å². The zero-order valence-electron chi connectivity index (χ0n) is 14.0. The summed E-state index contributed by atoms with van der Waals surface area (Å²) in [4.78, 5) is 0. The molecule has 3 aromatic rings. The molecular weight excluding hydrogens is 336 g/mol. The Hall–Kier alpha value is -2.73. The molecule has 0 bridgehead atoms. The molecule has 128 valence electrons. The van der Waals surface area contributed by atoms with Crippen LogP contribution in [0.5, 0.6) is 11.5 Å². The first-order valence-electron chi connectivity index (χ1n) is 7.70. The highest BCUT2D eigenvalue weighted by molar-refractivity contribution is 7.99. The lowest BCUT2D eigenvalue weighted by Crippen LogP contribution is -1.88. The molecule has 0 saturated carbocycles. The van der Waals surface area contributed by atoms with Gasteiger partial charge in [-0.15, -0.1) is 10.2 Å². The first-order chi connectivity index (χ1) is 12.3. The summed E-state index contributed by atoms with van der Waals surface area (Å²) in [5.41, 5.74) is 1.92. The van der Waals surface area contributed by atoms with Crippen molar-refractivity contribution in [2.45, 2.75) is 5.22 Å². The number of nitrogens with zero attached hydrogens (tertiary/aromatic N) is 2. The van der Waals surface area contributed by atoms with Crippen molar-refractivity contribution in [3.05, 3.63) is 60.2 Å². The number of methoxy groups -OCH3 is 2. The van der Waals surface area contributed by atoms with Crippen molar-refractivity contribution in [2.24, 2.45) is 0 Å². The quantitative estimate of drug-likeness (QED) is 0.580. The molecular formula is C19H18N2O3S. The number of hydrogen-bond acceptors (Lipinski definition) is 6. The van der Waals surface area contributed by atoms with Gasteiger partial charge >= 0.3 is 0 Å². The minimum atomic E-state index is 0.437. The van der Waals surface area contributed by atoms with E-state index >= 15 is 0 Å². The van der Waals surface area contributed by atoms with Gasteiger partial charge in [0.25, 0.3) is 5.22 Å². The van der Waals surface area contributed by atoms with E-state index in [-0.39, 0.29) is 0 Å². The minimum absolute atomic E-state index is 0.437. The van der Waals surface area contributed by atoms with E-state index in [1.165, 1.54) is 11.8 Å². The Morgan fingerprint density at radius 2 is 1.72 bits per heavy atom. The van der Waals surface area contributed by atoms with Crippen molar-refractivity contribution in [1.29, 1.82) is 0 Å². The fraction of sp³-hybridized carbons (Fsp3) is 0.158. The summed E-state index contributed by atoms with van der Waals surface area (Å²) in [7, 11) is 3.21. The fourth-order valence-electron chi connectivity index (χ4n) is 2.18. The van der Waals surface area contributed by atoms with Gasteiger partial charge in [0.2, 0.25) is 5.89 Å². The summed E-state index contributed by atoms with van der Waals surface area (Å²) in [6.07, 6.45) is 4.13. The monoisotopic (exact) mass is 354 g/mol. The Labute approximate surface area is 150 Å². The summed E-state index contributed by atoms with van der Waals surface area (Å²) >= 11 is 1.49. The Morgan fingerprint density at radius 3 is 2.40 bits per heavy atom. The van der Waals surface area contributed by atoms with Crippen LogP contribution < -0.4 is 9.47 Å². The van der Waals surface area contributed by atoms with E-state index in [1.54, 1.807) is 20.3 Å². The zero-order chi connectivity index (χ0) is 17.5. The van der Waals surface area contributed by atoms with E-state index in [2.05, 4.69) is 34.5 Å². The summed E-state index contributed by atoms with van der Waals surface area (Å²) in [6.45, 7) is 0. The van der Waals surface area contributed by atoms with E-state index in [0.717, 1.165) is 16.9 Å². The third kappa shape index (κ3) is 4.64. The molecule has 0 N–H and O–H groups in total. The number of thioether (sulfide) groups is 1. The lowest BCUT2D eigenvalue weighted by molar-refractivity contribution is 0.394. The van der Waals surface area contributed by atoms with Crippen LogP contribution in [0.1, 0.15) is 5.56 Å². The molecule has 0 aliphatic carbocycles. The predicted molar refractivity (Wildman–Crippen MR) is 99.0 cm³/mol. The Balaban J connectivity index is 1.65. The van der Waals surface area contributed by atoms with Crippen LogP contribution in [0.2, 0.25) is 0 Å². The molecule has 3 rings (SSSR count). The minimum Gasteiger partial charge on any atom is -0.497 e. The van der Waals surface area contributed by atoms with Crippen LogP contribution in [0, 0.1) is 0 Å². The molecule has 0 unspecified atom stereocenters. The van der Waals surface area contributed by atoms with E-state index in [4.69, 9.17) is 13.9 Å². The second kappa shape index (κ2) is 8.39. The van der Waals surface area contributed by atoms with Gasteiger partial charge < -0.3 is 13.9 Å². The van der Waals surface area contributed by atoms with Crippen molar-refractivity contribution in [3.8, 4) is 23.0 Å². The lowest BCUT2D eigenvalue weighted by Gasteiger charge is -2.05. The smallest absolute Gasteiger partial charge is 0.277 e. The average molecular weight is 354 g/mol. The van der Waals surface area contributed by atoms with E-state index in [0.29, 0.717) is 22.6 Å². The molecule has 0 aliphatic rings. The van der Waals surface area contributed by atoms with Crippen molar-refractivity contribution in [2.75, 3.05) is 20.0 Å². The Kier molecular flexibility index (Phi) is 5.74. The van der Waals surface area contributed by atoms with Crippen LogP contribution >= 0.6 is 11.8 Å². The molecule has 5 nitrogen and oxygen atoms in total. The summed E-state index contributed by atoms with van der Waals surface area (Å²) in [5, 5.41) is 8.70. The number of aromatic nitrogens is 2. The van der Waals surface area contributed by atoms with Gasteiger partial charge in [0.1, 0.15) is 11.5 Å². The predicted octanol–water partition coefficient (Wildman–Crippen LogP) is 4.56. The maximum Gasteiger partial charge on any atom is 0.277 e. The van der Waals surface area contributed by atoms with E-state index in [1.807, 2.05) is 30.3 Å². The number of ether oxygens (including phenoxy) is 2. The van der Waals surface area contributed by atoms with Crippen molar-refractivity contribution in [3.63, 3.8) is 0 Å². The summed E-state index contributed by atoms with van der Waals surface area (Å²) < 4.78 is 16.2. The molecule has 0 fully saturated rings. The largest absolute Gasteiger partial charge is 0.497 e. The summed E-state index contributed by atoms with van der Waals surface area (Å²) in [6, 6.07) is 15.6. The molecule has 0 radical (unpaired) electrons. The van der Waals surface area contributed by atoms with Crippen LogP contribution in [0.15, 0.2) is 64.2 Å². The maximum atomic E-state index is 5.72. The number of hydrogen-bond donors (Lipinski definition) is 0. The van der Waals surface area contributed by atoms with Gasteiger partial charge in [0.05, 0.1) is 14.2 Å². The average Bonchev–Trinajstić information content (AvgIpc) is 3.14. The maximum absolute atomic E-state index is 5.72. The first kappa shape index (κ1) is 17.1. The van der Waals surface area contributed by atoms with Crippen molar-refractivity contribution in [1.82, 2.24) is 10.2 Å². The Bertz CT molecular complexity index is 825. The van der Waals surface area contributed by atoms with Crippen LogP contribution in [-0.2, 0) is 0 Å². The molecule has 0 spiro atoms. The molecule has 0 amide bonds. The highest BCUT2D eigenvalue weighted by Gasteiger charge is 2.11. The van der Waals surface area contributed by atoms with Gasteiger partial charge in [-0.2, -0.15) is 0 Å². The molecule has 0 saturated heterocycles. The second-order valence-electron chi connectivity index (χ2n) is 5.10. The molecule has 25 heavy (non-hydrogen) atoms. The molecule has 2 aromatic carbocycles. The molecule has 1 aromatic heterocycles. The zero-order valence-corrected chi connectivity index (χ0v) is 14.8. The van der Waals surface area contributed by atoms with Gasteiger partial charge in [-0.05, 0) is 17.7 Å². The van der Waals surface area contributed by atoms with Gasteiger partial charge in [-0.1, -0.05) is 54.2 Å². The van der Waals surface area contributed by atoms with Crippen LogP contribution in [0.25, 0.3) is 17.5 Å². The SMILES string of the molecule is COc1cc(OC)cc(-c2nnc(SCC=Cc3ccccc3)o2)c1. The standard InChI is InChI=1S/C19H18N2O3S/c1-22-16-11-15(12-17(13-16)23-2)18-20-21-19(24-18)25-10-6-9-14-7-4-3-5-8-14/h3-9,11-13H,10H2,1-2H3. The number of rotatable bonds is 7. The van der Waals surface area contributed by atoms with Crippen molar-refractivity contribution < 1.29 is 13.9 Å². The van der Waals surface area contributed by atoms with Crippen molar-refractivity contribution >= 4 is 17.8 Å². The number of benzene rings is 2. The third-order valence-corrected chi connectivity index (χ3v) is 4.19. The van der Waals surface area contributed by atoms with Crippen LogP contribution in [0.4, 0.5) is 0 Å². The fourth-order valence-corrected chi connectivity index (χ4v) is 2.75. The normalized spacial score (nSPS) is 11.0. The molecule has 6 heteroatoms. The molecule has 0 aliphatic heterocycles. The lowest BCUT2D eigenvalue weighted by atomic mass is 10.2. The van der Waals surface area contributed by atoms with Gasteiger partial charge in [-0.3, -0.25) is 0 Å². The highest BCUT2D eigenvalue weighted by Crippen LogP contribution is 2.30.